The highest BCUT2D eigenvalue weighted by molar-refractivity contribution is 5.88. The number of hydrogen-bond donors (Lipinski definition) is 1. The zero-order valence-electron chi connectivity index (χ0n) is 20.9. The molecule has 34 heavy (non-hydrogen) atoms. The maximum atomic E-state index is 13.5. The van der Waals surface area contributed by atoms with Gasteiger partial charge in [-0.3, -0.25) is 9.59 Å². The molecule has 0 bridgehead atoms. The highest BCUT2D eigenvalue weighted by Crippen LogP contribution is 2.26. The molecule has 0 radical (unpaired) electrons. The number of carbonyl (C=O) groups is 2. The Morgan fingerprint density at radius 1 is 1.09 bits per heavy atom. The molecule has 1 N–H and O–H groups in total. The lowest BCUT2D eigenvalue weighted by Crippen LogP contribution is -2.52. The normalized spacial score (nSPS) is 14.6. The average Bonchev–Trinajstić information content (AvgIpc) is 3.35. The molecule has 1 aliphatic carbocycles. The third-order valence-corrected chi connectivity index (χ3v) is 6.47. The predicted molar refractivity (Wildman–Crippen MR) is 134 cm³/mol. The summed E-state index contributed by atoms with van der Waals surface area (Å²) in [6.07, 6.45) is 4.80. The van der Waals surface area contributed by atoms with Crippen molar-refractivity contribution in [1.82, 2.24) is 10.2 Å². The largest absolute Gasteiger partial charge is 0.497 e. The molecule has 2 aromatic carbocycles. The first-order valence-electron chi connectivity index (χ1n) is 12.4. The number of nitrogens with zero attached hydrogens (tertiary/aromatic N) is 1. The van der Waals surface area contributed by atoms with E-state index in [0.717, 1.165) is 42.6 Å². The first kappa shape index (κ1) is 25.6. The van der Waals surface area contributed by atoms with Crippen molar-refractivity contribution in [2.45, 2.75) is 77.4 Å². The molecule has 1 fully saturated rings. The number of nitrogens with one attached hydrogen (secondary N) is 1. The summed E-state index contributed by atoms with van der Waals surface area (Å²) in [4.78, 5) is 28.4. The summed E-state index contributed by atoms with van der Waals surface area (Å²) in [5.41, 5.74) is 1.96. The fraction of sp³-hybridized carbons (Fsp3) is 0.500. The van der Waals surface area contributed by atoms with Crippen LogP contribution in [0, 0.1) is 0 Å². The highest BCUT2D eigenvalue weighted by atomic mass is 16.5. The Bertz CT molecular complexity index is 953. The molecule has 1 saturated carbocycles. The second kappa shape index (κ2) is 12.4. The molecule has 2 aromatic rings. The van der Waals surface area contributed by atoms with E-state index >= 15 is 0 Å². The standard InChI is InChI=1S/C28H38N2O4/c1-5-25(28(32)29-22-12-6-7-13-22)30(18-21-11-10-14-23(17-21)33-4)27(31)19-34-26-16-9-8-15-24(26)20(2)3/h8-11,14-17,20,22,25H,5-7,12-13,18-19H2,1-4H3,(H,29,32)/t25-/m1/s1. The Morgan fingerprint density at radius 3 is 2.50 bits per heavy atom. The van der Waals surface area contributed by atoms with Gasteiger partial charge in [0.15, 0.2) is 6.61 Å². The molecule has 0 saturated heterocycles. The minimum absolute atomic E-state index is 0.0896. The Kier molecular flexibility index (Phi) is 9.37. The third-order valence-electron chi connectivity index (χ3n) is 6.47. The number of ether oxygens (including phenoxy) is 2. The Morgan fingerprint density at radius 2 is 1.82 bits per heavy atom. The van der Waals surface area contributed by atoms with Gasteiger partial charge in [-0.2, -0.15) is 0 Å². The molecule has 3 rings (SSSR count). The predicted octanol–water partition coefficient (Wildman–Crippen LogP) is 5.06. The van der Waals surface area contributed by atoms with Crippen LogP contribution >= 0.6 is 0 Å². The van der Waals surface area contributed by atoms with Crippen molar-refractivity contribution in [2.24, 2.45) is 0 Å². The van der Waals surface area contributed by atoms with E-state index in [9.17, 15) is 9.59 Å². The first-order chi connectivity index (χ1) is 16.4. The Balaban J connectivity index is 1.80. The van der Waals surface area contributed by atoms with Crippen LogP contribution in [0.3, 0.4) is 0 Å². The van der Waals surface area contributed by atoms with Crippen molar-refractivity contribution in [3.8, 4) is 11.5 Å². The van der Waals surface area contributed by atoms with E-state index in [2.05, 4.69) is 19.2 Å². The molecular weight excluding hydrogens is 428 g/mol. The third kappa shape index (κ3) is 6.75. The van der Waals surface area contributed by atoms with Gasteiger partial charge in [-0.25, -0.2) is 0 Å². The van der Waals surface area contributed by atoms with Crippen LogP contribution in [0.2, 0.25) is 0 Å². The molecule has 0 aromatic heterocycles. The number of amides is 2. The summed E-state index contributed by atoms with van der Waals surface area (Å²) < 4.78 is 11.3. The first-order valence-corrected chi connectivity index (χ1v) is 12.4. The van der Waals surface area contributed by atoms with E-state index in [1.807, 2.05) is 55.5 Å². The number of hydrogen-bond acceptors (Lipinski definition) is 4. The smallest absolute Gasteiger partial charge is 0.261 e. The lowest BCUT2D eigenvalue weighted by Gasteiger charge is -2.31. The van der Waals surface area contributed by atoms with Crippen molar-refractivity contribution in [3.63, 3.8) is 0 Å². The maximum absolute atomic E-state index is 13.5. The average molecular weight is 467 g/mol. The lowest BCUT2D eigenvalue weighted by molar-refractivity contribution is -0.143. The molecule has 6 heteroatoms. The van der Waals surface area contributed by atoms with Crippen molar-refractivity contribution in [1.29, 1.82) is 0 Å². The van der Waals surface area contributed by atoms with E-state index in [1.165, 1.54) is 0 Å². The van der Waals surface area contributed by atoms with Crippen LogP contribution in [-0.2, 0) is 16.1 Å². The van der Waals surface area contributed by atoms with Gasteiger partial charge >= 0.3 is 0 Å². The summed E-state index contributed by atoms with van der Waals surface area (Å²) in [6, 6.07) is 15.0. The minimum Gasteiger partial charge on any atom is -0.497 e. The van der Waals surface area contributed by atoms with Gasteiger partial charge in [0.2, 0.25) is 5.91 Å². The molecule has 0 heterocycles. The Hall–Kier alpha value is -3.02. The second-order valence-electron chi connectivity index (χ2n) is 9.27. The van der Waals surface area contributed by atoms with Gasteiger partial charge in [-0.1, -0.05) is 63.9 Å². The summed E-state index contributed by atoms with van der Waals surface area (Å²) in [5.74, 6) is 1.40. The van der Waals surface area contributed by atoms with E-state index in [4.69, 9.17) is 9.47 Å². The van der Waals surface area contributed by atoms with Gasteiger partial charge in [0, 0.05) is 12.6 Å². The van der Waals surface area contributed by atoms with Crippen LogP contribution in [-0.4, -0.2) is 42.5 Å². The molecule has 2 amide bonds. The van der Waals surface area contributed by atoms with Gasteiger partial charge in [-0.15, -0.1) is 0 Å². The molecular formula is C28H38N2O4. The van der Waals surface area contributed by atoms with E-state index < -0.39 is 6.04 Å². The monoisotopic (exact) mass is 466 g/mol. The quantitative estimate of drug-likeness (QED) is 0.502. The van der Waals surface area contributed by atoms with Crippen LogP contribution in [0.4, 0.5) is 0 Å². The number of methoxy groups -OCH3 is 1. The fourth-order valence-electron chi connectivity index (χ4n) is 4.57. The van der Waals surface area contributed by atoms with Crippen LogP contribution in [0.5, 0.6) is 11.5 Å². The van der Waals surface area contributed by atoms with Gasteiger partial charge in [0.1, 0.15) is 17.5 Å². The molecule has 0 aliphatic heterocycles. The molecule has 6 nitrogen and oxygen atoms in total. The van der Waals surface area contributed by atoms with Crippen LogP contribution in [0.1, 0.15) is 69.9 Å². The van der Waals surface area contributed by atoms with Crippen LogP contribution in [0.25, 0.3) is 0 Å². The molecule has 0 spiro atoms. The topological polar surface area (TPSA) is 67.9 Å². The van der Waals surface area contributed by atoms with Crippen LogP contribution < -0.4 is 14.8 Å². The molecule has 1 aliphatic rings. The number of benzene rings is 2. The second-order valence-corrected chi connectivity index (χ2v) is 9.27. The van der Waals surface area contributed by atoms with E-state index in [0.29, 0.717) is 18.7 Å². The maximum Gasteiger partial charge on any atom is 0.261 e. The van der Waals surface area contributed by atoms with E-state index in [-0.39, 0.29) is 30.4 Å². The summed E-state index contributed by atoms with van der Waals surface area (Å²) in [7, 11) is 1.62. The van der Waals surface area contributed by atoms with Crippen LogP contribution in [0.15, 0.2) is 48.5 Å². The number of carbonyl (C=O) groups excluding carboxylic acids is 2. The summed E-state index contributed by atoms with van der Waals surface area (Å²) in [6.45, 7) is 6.32. The highest BCUT2D eigenvalue weighted by Gasteiger charge is 2.31. The van der Waals surface area contributed by atoms with Crippen molar-refractivity contribution < 1.29 is 19.1 Å². The zero-order chi connectivity index (χ0) is 24.5. The molecule has 184 valence electrons. The van der Waals surface area contributed by atoms with Gasteiger partial charge in [-0.05, 0) is 54.5 Å². The van der Waals surface area contributed by atoms with Crippen molar-refractivity contribution in [3.05, 3.63) is 59.7 Å². The van der Waals surface area contributed by atoms with Gasteiger partial charge in [0.05, 0.1) is 7.11 Å². The summed E-state index contributed by atoms with van der Waals surface area (Å²) in [5, 5.41) is 3.17. The van der Waals surface area contributed by atoms with Gasteiger partial charge in [0.25, 0.3) is 5.91 Å². The summed E-state index contributed by atoms with van der Waals surface area (Å²) >= 11 is 0. The Labute approximate surface area is 203 Å². The van der Waals surface area contributed by atoms with Crippen molar-refractivity contribution in [2.75, 3.05) is 13.7 Å². The SMILES string of the molecule is CC[C@H](C(=O)NC1CCCC1)N(Cc1cccc(OC)c1)C(=O)COc1ccccc1C(C)C. The number of para-hydroxylation sites is 1. The minimum atomic E-state index is -0.566. The lowest BCUT2D eigenvalue weighted by atomic mass is 10.0. The zero-order valence-corrected chi connectivity index (χ0v) is 20.9. The molecule has 0 unspecified atom stereocenters. The van der Waals surface area contributed by atoms with E-state index in [1.54, 1.807) is 12.0 Å². The van der Waals surface area contributed by atoms with Gasteiger partial charge < -0.3 is 19.7 Å². The van der Waals surface area contributed by atoms with Crippen molar-refractivity contribution >= 4 is 11.8 Å². The fourth-order valence-corrected chi connectivity index (χ4v) is 4.57. The number of rotatable bonds is 11. The molecule has 1 atom stereocenters.